The normalized spacial score (nSPS) is 23.7. The summed E-state index contributed by atoms with van der Waals surface area (Å²) in [6.07, 6.45) is 2.58. The predicted octanol–water partition coefficient (Wildman–Crippen LogP) is 1.15. The number of hydrogen-bond donors (Lipinski definition) is 0. The van der Waals surface area contributed by atoms with Gasteiger partial charge in [-0.2, -0.15) is 17.0 Å². The second-order valence-electron chi connectivity index (χ2n) is 6.82. The Morgan fingerprint density at radius 3 is 2.14 bits per heavy atom. The number of amides is 1. The highest BCUT2D eigenvalue weighted by Gasteiger charge is 2.33. The summed E-state index contributed by atoms with van der Waals surface area (Å²) < 4.78 is 28.7. The molecule has 0 aromatic rings. The topological polar surface area (TPSA) is 60.9 Å². The van der Waals surface area contributed by atoms with E-state index in [2.05, 4.69) is 6.92 Å². The second-order valence-corrected chi connectivity index (χ2v) is 8.75. The van der Waals surface area contributed by atoms with Gasteiger partial charge in [-0.1, -0.05) is 20.8 Å². The quantitative estimate of drug-likeness (QED) is 0.779. The minimum absolute atomic E-state index is 0.0354. The van der Waals surface area contributed by atoms with Gasteiger partial charge in [0.2, 0.25) is 5.91 Å². The van der Waals surface area contributed by atoms with E-state index in [0.717, 1.165) is 12.8 Å². The number of hydrogen-bond acceptors (Lipinski definition) is 3. The zero-order chi connectivity index (χ0) is 16.3. The Kier molecular flexibility index (Phi) is 5.85. The molecule has 0 saturated carbocycles. The summed E-state index contributed by atoms with van der Waals surface area (Å²) in [5, 5.41) is 0. The minimum Gasteiger partial charge on any atom is -0.341 e. The molecule has 22 heavy (non-hydrogen) atoms. The van der Waals surface area contributed by atoms with Gasteiger partial charge in [-0.25, -0.2) is 0 Å². The van der Waals surface area contributed by atoms with Crippen molar-refractivity contribution in [2.24, 2.45) is 11.8 Å². The average molecular weight is 331 g/mol. The summed E-state index contributed by atoms with van der Waals surface area (Å²) in [6.45, 7) is 9.26. The van der Waals surface area contributed by atoms with Crippen LogP contribution in [0.2, 0.25) is 0 Å². The smallest absolute Gasteiger partial charge is 0.282 e. The van der Waals surface area contributed by atoms with Gasteiger partial charge in [-0.15, -0.1) is 0 Å². The van der Waals surface area contributed by atoms with Gasteiger partial charge in [0.1, 0.15) is 0 Å². The first-order chi connectivity index (χ1) is 10.3. The predicted molar refractivity (Wildman–Crippen MR) is 86.5 cm³/mol. The molecule has 0 aromatic heterocycles. The molecule has 0 aliphatic carbocycles. The highest BCUT2D eigenvalue weighted by molar-refractivity contribution is 7.86. The van der Waals surface area contributed by atoms with Gasteiger partial charge >= 0.3 is 0 Å². The molecule has 0 spiro atoms. The maximum absolute atomic E-state index is 12.8. The van der Waals surface area contributed by atoms with Crippen LogP contribution in [-0.4, -0.2) is 67.1 Å². The summed E-state index contributed by atoms with van der Waals surface area (Å²) in [7, 11) is -3.37. The minimum atomic E-state index is -3.37. The molecule has 0 N–H and O–H groups in total. The Bertz CT molecular complexity index is 484. The van der Waals surface area contributed by atoms with Crippen LogP contribution in [0, 0.1) is 11.8 Å². The van der Waals surface area contributed by atoms with Crippen molar-refractivity contribution in [2.75, 3.05) is 39.3 Å². The average Bonchev–Trinajstić information content (AvgIpc) is 2.73. The Balaban J connectivity index is 1.99. The number of carbonyl (C=O) groups is 1. The Morgan fingerprint density at radius 2 is 1.55 bits per heavy atom. The Morgan fingerprint density at radius 1 is 0.955 bits per heavy atom. The second kappa shape index (κ2) is 7.27. The van der Waals surface area contributed by atoms with Crippen LogP contribution in [-0.2, 0) is 15.0 Å². The van der Waals surface area contributed by atoms with Gasteiger partial charge < -0.3 is 4.90 Å². The van der Waals surface area contributed by atoms with Crippen molar-refractivity contribution < 1.29 is 13.2 Å². The van der Waals surface area contributed by atoms with E-state index in [9.17, 15) is 13.2 Å². The van der Waals surface area contributed by atoms with Crippen molar-refractivity contribution in [2.45, 2.75) is 40.0 Å². The lowest BCUT2D eigenvalue weighted by Gasteiger charge is -2.33. The molecule has 2 fully saturated rings. The van der Waals surface area contributed by atoms with Crippen LogP contribution in [0.25, 0.3) is 0 Å². The Labute approximate surface area is 134 Å². The Hall–Kier alpha value is -0.660. The molecule has 2 rings (SSSR count). The van der Waals surface area contributed by atoms with Crippen LogP contribution < -0.4 is 0 Å². The van der Waals surface area contributed by atoms with E-state index in [0.29, 0.717) is 51.6 Å². The van der Waals surface area contributed by atoms with E-state index >= 15 is 0 Å². The first-order valence-electron chi connectivity index (χ1n) is 8.36. The fourth-order valence-corrected chi connectivity index (χ4v) is 4.76. The van der Waals surface area contributed by atoms with Crippen LogP contribution in [0.5, 0.6) is 0 Å². The van der Waals surface area contributed by atoms with Gasteiger partial charge in [0, 0.05) is 45.2 Å². The maximum atomic E-state index is 12.8. The van der Waals surface area contributed by atoms with E-state index in [4.69, 9.17) is 0 Å². The highest BCUT2D eigenvalue weighted by atomic mass is 32.2. The zero-order valence-corrected chi connectivity index (χ0v) is 14.8. The van der Waals surface area contributed by atoms with Gasteiger partial charge in [-0.3, -0.25) is 4.79 Å². The third-order valence-corrected chi connectivity index (χ3v) is 6.69. The summed E-state index contributed by atoms with van der Waals surface area (Å²) in [5.74, 6) is 0.688. The third kappa shape index (κ3) is 4.00. The van der Waals surface area contributed by atoms with E-state index in [1.165, 1.54) is 0 Å². The van der Waals surface area contributed by atoms with Crippen LogP contribution in [0.15, 0.2) is 0 Å². The van der Waals surface area contributed by atoms with Crippen molar-refractivity contribution in [3.8, 4) is 0 Å². The lowest BCUT2D eigenvalue weighted by Crippen LogP contribution is -2.48. The molecule has 1 amide bonds. The standard InChI is InChI=1S/C15H29N3O3S/c1-13(2)15(19)16-7-4-8-17(12-11-16)22(20,21)18-9-5-14(3)6-10-18/h13-14H,4-12H2,1-3H3. The van der Waals surface area contributed by atoms with E-state index in [-0.39, 0.29) is 11.8 Å². The van der Waals surface area contributed by atoms with E-state index in [1.807, 2.05) is 13.8 Å². The molecule has 2 heterocycles. The summed E-state index contributed by atoms with van der Waals surface area (Å²) in [4.78, 5) is 13.9. The third-order valence-electron chi connectivity index (χ3n) is 4.66. The molecule has 0 atom stereocenters. The first kappa shape index (κ1) is 17.7. The van der Waals surface area contributed by atoms with E-state index in [1.54, 1.807) is 13.5 Å². The lowest BCUT2D eigenvalue weighted by molar-refractivity contribution is -0.134. The van der Waals surface area contributed by atoms with Gasteiger partial charge in [0.15, 0.2) is 0 Å². The molecule has 0 radical (unpaired) electrons. The van der Waals surface area contributed by atoms with E-state index < -0.39 is 10.2 Å². The maximum Gasteiger partial charge on any atom is 0.282 e. The van der Waals surface area contributed by atoms with Gasteiger partial charge in [0.25, 0.3) is 10.2 Å². The molecule has 2 saturated heterocycles. The summed E-state index contributed by atoms with van der Waals surface area (Å²) >= 11 is 0. The van der Waals surface area contributed by atoms with Crippen LogP contribution in [0.3, 0.4) is 0 Å². The SMILES string of the molecule is CC1CCN(S(=O)(=O)N2CCCN(C(=O)C(C)C)CC2)CC1. The molecule has 2 aliphatic rings. The van der Waals surface area contributed by atoms with Crippen molar-refractivity contribution >= 4 is 16.1 Å². The van der Waals surface area contributed by atoms with Crippen LogP contribution in [0.1, 0.15) is 40.0 Å². The highest BCUT2D eigenvalue weighted by Crippen LogP contribution is 2.21. The first-order valence-corrected chi connectivity index (χ1v) is 9.76. The molecule has 128 valence electrons. The zero-order valence-electron chi connectivity index (χ0n) is 14.0. The van der Waals surface area contributed by atoms with Crippen molar-refractivity contribution in [3.63, 3.8) is 0 Å². The lowest BCUT2D eigenvalue weighted by atomic mass is 10.0. The summed E-state index contributed by atoms with van der Waals surface area (Å²) in [6, 6.07) is 0. The van der Waals surface area contributed by atoms with Gasteiger partial charge in [-0.05, 0) is 25.2 Å². The molecule has 6 nitrogen and oxygen atoms in total. The van der Waals surface area contributed by atoms with Crippen molar-refractivity contribution in [1.29, 1.82) is 0 Å². The molecule has 0 unspecified atom stereocenters. The largest absolute Gasteiger partial charge is 0.341 e. The summed E-state index contributed by atoms with van der Waals surface area (Å²) in [5.41, 5.74) is 0. The fourth-order valence-electron chi connectivity index (χ4n) is 3.09. The number of nitrogens with zero attached hydrogens (tertiary/aromatic N) is 3. The van der Waals surface area contributed by atoms with Crippen molar-refractivity contribution in [1.82, 2.24) is 13.5 Å². The number of carbonyl (C=O) groups excluding carboxylic acids is 1. The molecule has 0 bridgehead atoms. The fraction of sp³-hybridized carbons (Fsp3) is 0.933. The molecule has 7 heteroatoms. The van der Waals surface area contributed by atoms with Crippen LogP contribution in [0.4, 0.5) is 0 Å². The number of piperidine rings is 1. The molecular formula is C15H29N3O3S. The molecular weight excluding hydrogens is 302 g/mol. The number of rotatable bonds is 3. The van der Waals surface area contributed by atoms with Crippen LogP contribution >= 0.6 is 0 Å². The monoisotopic (exact) mass is 331 g/mol. The molecule has 2 aliphatic heterocycles. The molecule has 0 aromatic carbocycles. The van der Waals surface area contributed by atoms with Crippen molar-refractivity contribution in [3.05, 3.63) is 0 Å². The van der Waals surface area contributed by atoms with Gasteiger partial charge in [0.05, 0.1) is 0 Å².